The fourth-order valence-electron chi connectivity index (χ4n) is 9.20. The molecule has 12 nitrogen and oxygen atoms in total. The topological polar surface area (TPSA) is 163 Å². The standard InChI is InChI=1S/C41H41Cl2N3O9/c1-54-25-13-10-23(11-14-25)41-30(38(51)46(40(41)53)44-32-17-12-24(42)21-31(32)43)22-29-26(36(41)27-7-4-5-8-33(27)55-20-19-47)15-16-28-35(29)39(52)45(37(28)50)18-6-2-3-9-34(48)49/h4-5,7-8,10-15,17,21,28-30,35-36,44,47H,2-3,6,9,16,18-20,22H2,1H3,(H,48,49). The molecule has 4 amide bonds. The number of anilines is 1. The van der Waals surface area contributed by atoms with Crippen LogP contribution in [0.2, 0.25) is 10.0 Å². The number of nitrogens with one attached hydrogen (secondary N) is 1. The van der Waals surface area contributed by atoms with Gasteiger partial charge in [0.2, 0.25) is 11.8 Å². The first-order valence-electron chi connectivity index (χ1n) is 18.4. The van der Waals surface area contributed by atoms with Crippen LogP contribution in [0.4, 0.5) is 5.69 Å². The van der Waals surface area contributed by atoms with E-state index in [-0.39, 0.29) is 61.5 Å². The van der Waals surface area contributed by atoms with Gasteiger partial charge in [-0.25, -0.2) is 0 Å². The Hall–Kier alpha value is -4.91. The largest absolute Gasteiger partial charge is 0.497 e. The maximum Gasteiger partial charge on any atom is 0.303 e. The van der Waals surface area contributed by atoms with Gasteiger partial charge in [0.05, 0.1) is 47.6 Å². The minimum Gasteiger partial charge on any atom is -0.497 e. The Morgan fingerprint density at radius 3 is 2.42 bits per heavy atom. The van der Waals surface area contributed by atoms with Crippen molar-refractivity contribution in [2.75, 3.05) is 32.3 Å². The number of unbranched alkanes of at least 4 members (excludes halogenated alkanes) is 2. The highest BCUT2D eigenvalue weighted by atomic mass is 35.5. The predicted molar refractivity (Wildman–Crippen MR) is 202 cm³/mol. The molecule has 7 rings (SSSR count). The molecule has 6 atom stereocenters. The highest BCUT2D eigenvalue weighted by Crippen LogP contribution is 2.65. The number of hydrazine groups is 1. The number of fused-ring (bicyclic) bond motifs is 4. The van der Waals surface area contributed by atoms with E-state index in [1.165, 1.54) is 18.1 Å². The van der Waals surface area contributed by atoms with Crippen LogP contribution in [0.1, 0.15) is 55.6 Å². The van der Waals surface area contributed by atoms with Crippen molar-refractivity contribution in [1.29, 1.82) is 0 Å². The summed E-state index contributed by atoms with van der Waals surface area (Å²) in [6, 6.07) is 18.9. The van der Waals surface area contributed by atoms with Gasteiger partial charge in [-0.1, -0.05) is 71.6 Å². The van der Waals surface area contributed by atoms with E-state index >= 15 is 4.79 Å². The van der Waals surface area contributed by atoms with Crippen LogP contribution < -0.4 is 14.9 Å². The number of amides is 4. The number of aliphatic hydroxyl groups excluding tert-OH is 1. The van der Waals surface area contributed by atoms with Gasteiger partial charge in [0.1, 0.15) is 18.1 Å². The van der Waals surface area contributed by atoms with Crippen LogP contribution >= 0.6 is 23.2 Å². The van der Waals surface area contributed by atoms with Crippen molar-refractivity contribution in [1.82, 2.24) is 9.91 Å². The van der Waals surface area contributed by atoms with Gasteiger partial charge in [-0.3, -0.25) is 34.3 Å². The lowest BCUT2D eigenvalue weighted by Gasteiger charge is -2.50. The number of aliphatic hydroxyl groups is 1. The number of carbonyl (C=O) groups excluding carboxylic acids is 4. The fraction of sp³-hybridized carbons (Fsp3) is 0.390. The molecule has 0 bridgehead atoms. The number of likely N-dealkylation sites (tertiary alicyclic amines) is 1. The Kier molecular flexibility index (Phi) is 10.9. The second kappa shape index (κ2) is 15.7. The number of hydrogen-bond acceptors (Lipinski definition) is 9. The zero-order chi connectivity index (χ0) is 39.0. The van der Waals surface area contributed by atoms with E-state index in [9.17, 15) is 24.3 Å². The number of para-hydroxylation sites is 1. The van der Waals surface area contributed by atoms with E-state index < -0.39 is 52.8 Å². The SMILES string of the molecule is COc1ccc(C23C(=O)N(Nc4ccc(Cl)cc4Cl)C(=O)C2CC2C(=CCC4C(=O)N(CCCCCC(=O)O)C(=O)C42)C3c2ccccc2OCCO)cc1. The number of benzene rings is 3. The lowest BCUT2D eigenvalue weighted by atomic mass is 9.49. The van der Waals surface area contributed by atoms with E-state index in [1.807, 2.05) is 18.2 Å². The molecule has 4 aliphatic rings. The number of halogens is 2. The molecule has 3 fully saturated rings. The maximum atomic E-state index is 15.5. The molecule has 3 N–H and O–H groups in total. The van der Waals surface area contributed by atoms with Crippen LogP contribution in [0.15, 0.2) is 78.4 Å². The summed E-state index contributed by atoms with van der Waals surface area (Å²) in [5.74, 6) is -5.51. The highest BCUT2D eigenvalue weighted by molar-refractivity contribution is 6.36. The number of allylic oxidation sites excluding steroid dienone is 2. The van der Waals surface area contributed by atoms with Crippen molar-refractivity contribution in [2.45, 2.75) is 49.9 Å². The Bertz CT molecular complexity index is 2060. The van der Waals surface area contributed by atoms with Gasteiger partial charge < -0.3 is 19.7 Å². The zero-order valence-electron chi connectivity index (χ0n) is 30.1. The molecule has 0 radical (unpaired) electrons. The molecule has 2 aliphatic heterocycles. The maximum absolute atomic E-state index is 15.5. The normalized spacial score (nSPS) is 25.7. The van der Waals surface area contributed by atoms with Crippen LogP contribution in [0.3, 0.4) is 0 Å². The average molecular weight is 791 g/mol. The smallest absolute Gasteiger partial charge is 0.303 e. The van der Waals surface area contributed by atoms with Gasteiger partial charge in [-0.05, 0) is 73.6 Å². The van der Waals surface area contributed by atoms with Gasteiger partial charge in [0.25, 0.3) is 11.8 Å². The van der Waals surface area contributed by atoms with Gasteiger partial charge in [0.15, 0.2) is 0 Å². The fourth-order valence-corrected chi connectivity index (χ4v) is 9.65. The third kappa shape index (κ3) is 6.63. The molecule has 2 aliphatic carbocycles. The number of carboxylic acid groups (broad SMARTS) is 1. The Morgan fingerprint density at radius 1 is 0.945 bits per heavy atom. The van der Waals surface area contributed by atoms with E-state index in [0.717, 1.165) is 10.6 Å². The van der Waals surface area contributed by atoms with Gasteiger partial charge in [-0.15, -0.1) is 0 Å². The molecule has 3 aromatic carbocycles. The number of nitrogens with zero attached hydrogens (tertiary/aromatic N) is 2. The van der Waals surface area contributed by atoms with Gasteiger partial charge in [-0.2, -0.15) is 5.01 Å². The number of aliphatic carboxylic acids is 1. The van der Waals surface area contributed by atoms with Crippen LogP contribution in [-0.2, 0) is 29.4 Å². The molecule has 6 unspecified atom stereocenters. The molecular formula is C41H41Cl2N3O9. The lowest BCUT2D eigenvalue weighted by Crippen LogP contribution is -2.53. The summed E-state index contributed by atoms with van der Waals surface area (Å²) in [6.07, 6.45) is 3.76. The van der Waals surface area contributed by atoms with Crippen molar-refractivity contribution in [3.63, 3.8) is 0 Å². The first-order chi connectivity index (χ1) is 26.5. The summed E-state index contributed by atoms with van der Waals surface area (Å²) in [4.78, 5) is 71.0. The third-order valence-corrected chi connectivity index (χ3v) is 12.1. The molecule has 3 aromatic rings. The predicted octanol–water partition coefficient (Wildman–Crippen LogP) is 6.00. The number of carbonyl (C=O) groups is 5. The van der Waals surface area contributed by atoms with Gasteiger partial charge in [0, 0.05) is 29.5 Å². The van der Waals surface area contributed by atoms with E-state index in [2.05, 4.69) is 5.43 Å². The summed E-state index contributed by atoms with van der Waals surface area (Å²) in [6.45, 7) is -0.121. The number of hydrogen-bond donors (Lipinski definition) is 3. The van der Waals surface area contributed by atoms with Crippen LogP contribution in [0.25, 0.3) is 0 Å². The molecule has 288 valence electrons. The van der Waals surface area contributed by atoms with Crippen molar-refractivity contribution in [3.8, 4) is 11.5 Å². The summed E-state index contributed by atoms with van der Waals surface area (Å²) in [7, 11) is 1.53. The molecule has 55 heavy (non-hydrogen) atoms. The average Bonchev–Trinajstić information content (AvgIpc) is 3.55. The van der Waals surface area contributed by atoms with Crippen LogP contribution in [0.5, 0.6) is 11.5 Å². The van der Waals surface area contributed by atoms with Crippen molar-refractivity contribution < 1.29 is 43.7 Å². The van der Waals surface area contributed by atoms with Crippen molar-refractivity contribution in [2.24, 2.45) is 23.7 Å². The van der Waals surface area contributed by atoms with Crippen molar-refractivity contribution in [3.05, 3.63) is 99.6 Å². The van der Waals surface area contributed by atoms with Crippen molar-refractivity contribution >= 4 is 58.5 Å². The van der Waals surface area contributed by atoms with E-state index in [0.29, 0.717) is 46.9 Å². The molecule has 1 saturated carbocycles. The molecule has 14 heteroatoms. The summed E-state index contributed by atoms with van der Waals surface area (Å²) in [5, 5.41) is 20.4. The first kappa shape index (κ1) is 38.4. The molecule has 0 spiro atoms. The Labute approximate surface area is 327 Å². The number of carboxylic acids is 1. The summed E-state index contributed by atoms with van der Waals surface area (Å²) < 4.78 is 11.6. The number of imide groups is 2. The summed E-state index contributed by atoms with van der Waals surface area (Å²) >= 11 is 12.7. The Morgan fingerprint density at radius 2 is 1.71 bits per heavy atom. The van der Waals surface area contributed by atoms with E-state index in [1.54, 1.807) is 48.5 Å². The second-order valence-corrected chi connectivity index (χ2v) is 15.2. The number of rotatable bonds is 14. The number of methoxy groups -OCH3 is 1. The second-order valence-electron chi connectivity index (χ2n) is 14.4. The molecule has 0 aromatic heterocycles. The van der Waals surface area contributed by atoms with E-state index in [4.69, 9.17) is 37.8 Å². The minimum atomic E-state index is -1.57. The minimum absolute atomic E-state index is 0.00750. The lowest BCUT2D eigenvalue weighted by molar-refractivity contribution is -0.141. The number of ether oxygens (including phenoxy) is 2. The zero-order valence-corrected chi connectivity index (χ0v) is 31.6. The Balaban J connectivity index is 1.38. The quantitative estimate of drug-likeness (QED) is 0.100. The highest BCUT2D eigenvalue weighted by Gasteiger charge is 2.70. The monoisotopic (exact) mass is 789 g/mol. The summed E-state index contributed by atoms with van der Waals surface area (Å²) in [5.41, 5.74) is 3.59. The molecular weight excluding hydrogens is 749 g/mol. The first-order valence-corrected chi connectivity index (χ1v) is 19.1. The molecule has 2 saturated heterocycles. The molecule has 2 heterocycles. The van der Waals surface area contributed by atoms with Gasteiger partial charge >= 0.3 is 5.97 Å². The third-order valence-electron chi connectivity index (χ3n) is 11.5. The van der Waals surface area contributed by atoms with Crippen LogP contribution in [0, 0.1) is 23.7 Å². The van der Waals surface area contributed by atoms with Crippen LogP contribution in [-0.4, -0.2) is 76.6 Å².